The number of cyclic esters (lactones) is 1. The zero-order chi connectivity index (χ0) is 11.7. The summed E-state index contributed by atoms with van der Waals surface area (Å²) in [5, 5.41) is 0. The van der Waals surface area contributed by atoms with Crippen molar-refractivity contribution in [3.8, 4) is 5.75 Å². The molecule has 1 aromatic rings. The van der Waals surface area contributed by atoms with Crippen molar-refractivity contribution in [2.24, 2.45) is 0 Å². The average molecular weight is 221 g/mol. The Bertz CT molecular complexity index is 426. The molecule has 0 radical (unpaired) electrons. The molecule has 1 aliphatic rings. The minimum absolute atomic E-state index is 0.352. The van der Waals surface area contributed by atoms with Gasteiger partial charge in [-0.05, 0) is 31.2 Å². The number of hydrogen-bond donors (Lipinski definition) is 0. The van der Waals surface area contributed by atoms with Crippen LogP contribution >= 0.6 is 0 Å². The van der Waals surface area contributed by atoms with Crippen molar-refractivity contribution < 1.29 is 19.1 Å². The van der Waals surface area contributed by atoms with Crippen LogP contribution in [0.4, 0.5) is 10.5 Å². The molecule has 1 aromatic carbocycles. The van der Waals surface area contributed by atoms with E-state index < -0.39 is 12.2 Å². The van der Waals surface area contributed by atoms with E-state index in [1.165, 1.54) is 0 Å². The van der Waals surface area contributed by atoms with Gasteiger partial charge in [0.05, 0.1) is 12.8 Å². The van der Waals surface area contributed by atoms with Gasteiger partial charge in [-0.25, -0.2) is 9.69 Å². The lowest BCUT2D eigenvalue weighted by Gasteiger charge is -2.11. The first-order valence-electron chi connectivity index (χ1n) is 4.82. The highest BCUT2D eigenvalue weighted by molar-refractivity contribution is 6.17. The Hall–Kier alpha value is -2.04. The van der Waals surface area contributed by atoms with Crippen LogP contribution in [-0.2, 0) is 9.53 Å². The van der Waals surface area contributed by atoms with Crippen molar-refractivity contribution in [3.05, 3.63) is 24.3 Å². The maximum Gasteiger partial charge on any atom is 0.422 e. The molecule has 1 unspecified atom stereocenters. The van der Waals surface area contributed by atoms with Crippen molar-refractivity contribution in [2.45, 2.75) is 13.0 Å². The lowest BCUT2D eigenvalue weighted by atomic mass is 10.2. The Morgan fingerprint density at radius 2 is 1.88 bits per heavy atom. The molecular formula is C11H11NO4. The molecule has 0 bridgehead atoms. The molecule has 1 fully saturated rings. The summed E-state index contributed by atoms with van der Waals surface area (Å²) in [4.78, 5) is 24.0. The van der Waals surface area contributed by atoms with Crippen LogP contribution < -0.4 is 9.64 Å². The number of imide groups is 1. The molecule has 1 atom stereocenters. The standard InChI is InChI=1S/C11H11NO4/c1-7-10(13)12(11(14)16-7)8-3-5-9(15-2)6-4-8/h3-7H,1-2H3. The average Bonchev–Trinajstić information content (AvgIpc) is 2.54. The number of methoxy groups -OCH3 is 1. The monoisotopic (exact) mass is 221 g/mol. The first-order valence-corrected chi connectivity index (χ1v) is 4.82. The van der Waals surface area contributed by atoms with E-state index in [1.807, 2.05) is 0 Å². The van der Waals surface area contributed by atoms with Gasteiger partial charge < -0.3 is 9.47 Å². The molecule has 1 saturated heterocycles. The van der Waals surface area contributed by atoms with Crippen LogP contribution in [0, 0.1) is 0 Å². The second kappa shape index (κ2) is 3.84. The summed E-state index contributed by atoms with van der Waals surface area (Å²) in [6, 6.07) is 6.63. The Morgan fingerprint density at radius 1 is 1.25 bits per heavy atom. The zero-order valence-electron chi connectivity index (χ0n) is 8.97. The van der Waals surface area contributed by atoms with Gasteiger partial charge in [-0.15, -0.1) is 0 Å². The van der Waals surface area contributed by atoms with Crippen LogP contribution in [0.15, 0.2) is 24.3 Å². The van der Waals surface area contributed by atoms with E-state index in [-0.39, 0.29) is 5.91 Å². The van der Waals surface area contributed by atoms with Gasteiger partial charge in [0.15, 0.2) is 6.10 Å². The molecule has 84 valence electrons. The summed E-state index contributed by atoms with van der Waals surface area (Å²) >= 11 is 0. The smallest absolute Gasteiger partial charge is 0.422 e. The van der Waals surface area contributed by atoms with E-state index in [9.17, 15) is 9.59 Å². The van der Waals surface area contributed by atoms with Crippen molar-refractivity contribution in [1.82, 2.24) is 0 Å². The van der Waals surface area contributed by atoms with Crippen molar-refractivity contribution in [1.29, 1.82) is 0 Å². The third kappa shape index (κ3) is 1.60. The number of rotatable bonds is 2. The van der Waals surface area contributed by atoms with Gasteiger partial charge >= 0.3 is 6.09 Å². The largest absolute Gasteiger partial charge is 0.497 e. The van der Waals surface area contributed by atoms with E-state index >= 15 is 0 Å². The first-order chi connectivity index (χ1) is 7.63. The van der Waals surface area contributed by atoms with E-state index in [2.05, 4.69) is 0 Å². The summed E-state index contributed by atoms with van der Waals surface area (Å²) in [5.41, 5.74) is 0.486. The first kappa shape index (κ1) is 10.5. The van der Waals surface area contributed by atoms with Crippen LogP contribution in [0.25, 0.3) is 0 Å². The highest BCUT2D eigenvalue weighted by Crippen LogP contribution is 2.24. The zero-order valence-corrected chi connectivity index (χ0v) is 8.97. The van der Waals surface area contributed by atoms with Gasteiger partial charge in [-0.3, -0.25) is 4.79 Å². The third-order valence-electron chi connectivity index (χ3n) is 2.36. The molecule has 1 heterocycles. The highest BCUT2D eigenvalue weighted by atomic mass is 16.6. The topological polar surface area (TPSA) is 55.8 Å². The molecule has 0 aromatic heterocycles. The molecule has 1 aliphatic heterocycles. The minimum atomic E-state index is -0.713. The van der Waals surface area contributed by atoms with E-state index in [0.717, 1.165) is 4.90 Å². The molecule has 0 aliphatic carbocycles. The number of ether oxygens (including phenoxy) is 2. The highest BCUT2D eigenvalue weighted by Gasteiger charge is 2.38. The van der Waals surface area contributed by atoms with E-state index in [4.69, 9.17) is 9.47 Å². The van der Waals surface area contributed by atoms with Gasteiger partial charge in [0.1, 0.15) is 5.75 Å². The lowest BCUT2D eigenvalue weighted by molar-refractivity contribution is -0.121. The van der Waals surface area contributed by atoms with Crippen molar-refractivity contribution >= 4 is 17.7 Å². The number of anilines is 1. The van der Waals surface area contributed by atoms with Gasteiger partial charge in [-0.1, -0.05) is 0 Å². The number of benzene rings is 1. The molecule has 2 amide bonds. The predicted molar refractivity (Wildman–Crippen MR) is 56.4 cm³/mol. The van der Waals surface area contributed by atoms with Crippen LogP contribution in [-0.4, -0.2) is 25.2 Å². The van der Waals surface area contributed by atoms with Gasteiger partial charge in [0.2, 0.25) is 0 Å². The Labute approximate surface area is 92.6 Å². The fraction of sp³-hybridized carbons (Fsp3) is 0.273. The Balaban J connectivity index is 2.30. The molecule has 0 spiro atoms. The molecular weight excluding hydrogens is 210 g/mol. The molecule has 16 heavy (non-hydrogen) atoms. The van der Waals surface area contributed by atoms with Gasteiger partial charge in [0, 0.05) is 0 Å². The van der Waals surface area contributed by atoms with Crippen molar-refractivity contribution in [3.63, 3.8) is 0 Å². The third-order valence-corrected chi connectivity index (χ3v) is 2.36. The number of carbonyl (C=O) groups excluding carboxylic acids is 2. The SMILES string of the molecule is COc1ccc(N2C(=O)OC(C)C2=O)cc1. The van der Waals surface area contributed by atoms with Crippen LogP contribution in [0.3, 0.4) is 0 Å². The summed E-state index contributed by atoms with van der Waals surface area (Å²) in [6.07, 6.45) is -1.35. The van der Waals surface area contributed by atoms with Crippen LogP contribution in [0.1, 0.15) is 6.92 Å². The van der Waals surface area contributed by atoms with Gasteiger partial charge in [0.25, 0.3) is 5.91 Å². The molecule has 0 saturated carbocycles. The maximum atomic E-state index is 11.6. The normalized spacial score (nSPS) is 19.9. The lowest BCUT2D eigenvalue weighted by Crippen LogP contribution is -2.30. The number of nitrogens with zero attached hydrogens (tertiary/aromatic N) is 1. The van der Waals surface area contributed by atoms with Crippen molar-refractivity contribution in [2.75, 3.05) is 12.0 Å². The Morgan fingerprint density at radius 3 is 2.31 bits per heavy atom. The molecule has 2 rings (SSSR count). The number of carbonyl (C=O) groups is 2. The Kier molecular flexibility index (Phi) is 2.52. The second-order valence-corrected chi connectivity index (χ2v) is 3.40. The summed E-state index contributed by atoms with van der Waals surface area (Å²) in [5.74, 6) is 0.312. The number of amides is 2. The predicted octanol–water partition coefficient (Wildman–Crippen LogP) is 1.57. The van der Waals surface area contributed by atoms with E-state index in [1.54, 1.807) is 38.3 Å². The summed E-state index contributed by atoms with van der Waals surface area (Å²) < 4.78 is 9.79. The fourth-order valence-corrected chi connectivity index (χ4v) is 1.49. The second-order valence-electron chi connectivity index (χ2n) is 3.40. The molecule has 5 heteroatoms. The summed E-state index contributed by atoms with van der Waals surface area (Å²) in [7, 11) is 1.55. The van der Waals surface area contributed by atoms with Crippen LogP contribution in [0.2, 0.25) is 0 Å². The molecule has 0 N–H and O–H groups in total. The minimum Gasteiger partial charge on any atom is -0.497 e. The van der Waals surface area contributed by atoms with Crippen LogP contribution in [0.5, 0.6) is 5.75 Å². The fourth-order valence-electron chi connectivity index (χ4n) is 1.49. The van der Waals surface area contributed by atoms with Gasteiger partial charge in [-0.2, -0.15) is 0 Å². The summed E-state index contributed by atoms with van der Waals surface area (Å²) in [6.45, 7) is 1.55. The maximum absolute atomic E-state index is 11.6. The molecule has 5 nitrogen and oxygen atoms in total. The quantitative estimate of drug-likeness (QED) is 0.760. The number of hydrogen-bond acceptors (Lipinski definition) is 4. The van der Waals surface area contributed by atoms with E-state index in [0.29, 0.717) is 11.4 Å².